The third-order valence-electron chi connectivity index (χ3n) is 5.61. The van der Waals surface area contributed by atoms with E-state index in [1.165, 1.54) is 16.4 Å². The van der Waals surface area contributed by atoms with E-state index in [0.29, 0.717) is 59.8 Å². The Hall–Kier alpha value is -3.66. The fourth-order valence-corrected chi connectivity index (χ4v) is 5.26. The number of aromatic nitrogens is 2. The van der Waals surface area contributed by atoms with E-state index in [9.17, 15) is 13.2 Å². The van der Waals surface area contributed by atoms with E-state index in [0.717, 1.165) is 0 Å². The second-order valence-corrected chi connectivity index (χ2v) is 9.72. The van der Waals surface area contributed by atoms with Crippen LogP contribution in [0.5, 0.6) is 0 Å². The van der Waals surface area contributed by atoms with E-state index in [4.69, 9.17) is 4.74 Å². The van der Waals surface area contributed by atoms with Crippen molar-refractivity contribution in [3.8, 4) is 11.4 Å². The molecule has 0 aliphatic carbocycles. The largest absolute Gasteiger partial charge is 0.379 e. The molecule has 1 aliphatic rings. The summed E-state index contributed by atoms with van der Waals surface area (Å²) in [5.41, 5.74) is 2.89. The topological polar surface area (TPSA) is 101 Å². The standard InChI is InChI=1S/C25H22N4O4S/c30-25(27-18-8-10-19(11-9-18)34(31,32)29-13-15-33-16-14-29)21-17-24(23-7-3-4-12-26-23)28-22-6-2-1-5-20(21)22/h1-12,17H,13-16H2,(H,27,30). The lowest BCUT2D eigenvalue weighted by Crippen LogP contribution is -2.40. The maximum Gasteiger partial charge on any atom is 0.256 e. The Labute approximate surface area is 197 Å². The SMILES string of the molecule is O=C(Nc1ccc(S(=O)(=O)N2CCOCC2)cc1)c1cc(-c2ccccn2)nc2ccccc12. The number of hydrogen-bond acceptors (Lipinski definition) is 6. The van der Waals surface area contributed by atoms with Crippen LogP contribution >= 0.6 is 0 Å². The fraction of sp³-hybridized carbons (Fsp3) is 0.160. The lowest BCUT2D eigenvalue weighted by Gasteiger charge is -2.26. The van der Waals surface area contributed by atoms with Crippen molar-refractivity contribution in [3.63, 3.8) is 0 Å². The zero-order valence-electron chi connectivity index (χ0n) is 18.2. The van der Waals surface area contributed by atoms with Gasteiger partial charge in [-0.15, -0.1) is 0 Å². The van der Waals surface area contributed by atoms with Gasteiger partial charge >= 0.3 is 0 Å². The smallest absolute Gasteiger partial charge is 0.256 e. The molecule has 34 heavy (non-hydrogen) atoms. The van der Waals surface area contributed by atoms with Gasteiger partial charge in [0, 0.05) is 30.4 Å². The van der Waals surface area contributed by atoms with Crippen LogP contribution in [0.4, 0.5) is 5.69 Å². The van der Waals surface area contributed by atoms with Crippen molar-refractivity contribution in [1.82, 2.24) is 14.3 Å². The molecule has 4 aromatic rings. The Bertz CT molecular complexity index is 1440. The Morgan fingerprint density at radius 3 is 2.38 bits per heavy atom. The highest BCUT2D eigenvalue weighted by Gasteiger charge is 2.26. The molecule has 0 saturated carbocycles. The maximum atomic E-state index is 13.2. The van der Waals surface area contributed by atoms with Gasteiger partial charge in [0.05, 0.1) is 40.6 Å². The fourth-order valence-electron chi connectivity index (χ4n) is 3.85. The first-order valence-corrected chi connectivity index (χ1v) is 12.3. The highest BCUT2D eigenvalue weighted by molar-refractivity contribution is 7.89. The highest BCUT2D eigenvalue weighted by atomic mass is 32.2. The summed E-state index contributed by atoms with van der Waals surface area (Å²) < 4.78 is 32.3. The zero-order valence-corrected chi connectivity index (χ0v) is 19.0. The summed E-state index contributed by atoms with van der Waals surface area (Å²) in [5.74, 6) is -0.320. The van der Waals surface area contributed by atoms with Gasteiger partial charge < -0.3 is 10.1 Å². The Kier molecular flexibility index (Phi) is 6.06. The van der Waals surface area contributed by atoms with Crippen LogP contribution in [-0.4, -0.2) is 54.9 Å². The lowest BCUT2D eigenvalue weighted by atomic mass is 10.1. The van der Waals surface area contributed by atoms with E-state index in [1.54, 1.807) is 24.4 Å². The van der Waals surface area contributed by atoms with Gasteiger partial charge in [0.25, 0.3) is 5.91 Å². The van der Waals surface area contributed by atoms with Crippen LogP contribution in [0.3, 0.4) is 0 Å². The molecule has 1 N–H and O–H groups in total. The van der Waals surface area contributed by atoms with Gasteiger partial charge in [-0.3, -0.25) is 9.78 Å². The number of carbonyl (C=O) groups excluding carboxylic acids is 1. The van der Waals surface area contributed by atoms with Crippen molar-refractivity contribution in [2.45, 2.75) is 4.90 Å². The van der Waals surface area contributed by atoms with Gasteiger partial charge in [-0.2, -0.15) is 4.31 Å². The number of hydrogen-bond donors (Lipinski definition) is 1. The van der Waals surface area contributed by atoms with Gasteiger partial charge in [0.15, 0.2) is 0 Å². The molecule has 8 nitrogen and oxygen atoms in total. The zero-order chi connectivity index (χ0) is 23.5. The second kappa shape index (κ2) is 9.30. The van der Waals surface area contributed by atoms with Gasteiger partial charge in [-0.1, -0.05) is 24.3 Å². The Morgan fingerprint density at radius 1 is 0.912 bits per heavy atom. The Morgan fingerprint density at radius 2 is 1.65 bits per heavy atom. The van der Waals surface area contributed by atoms with Crippen molar-refractivity contribution < 1.29 is 17.9 Å². The van der Waals surface area contributed by atoms with Crippen molar-refractivity contribution in [2.24, 2.45) is 0 Å². The van der Waals surface area contributed by atoms with Gasteiger partial charge in [0.1, 0.15) is 0 Å². The first-order chi connectivity index (χ1) is 16.5. The predicted molar refractivity (Wildman–Crippen MR) is 129 cm³/mol. The van der Waals surface area contributed by atoms with Crippen LogP contribution in [0, 0.1) is 0 Å². The quantitative estimate of drug-likeness (QED) is 0.475. The first-order valence-electron chi connectivity index (χ1n) is 10.8. The van der Waals surface area contributed by atoms with E-state index in [-0.39, 0.29) is 10.8 Å². The van der Waals surface area contributed by atoms with Gasteiger partial charge in [0.2, 0.25) is 10.0 Å². The number of pyridine rings is 2. The normalized spacial score (nSPS) is 14.7. The number of fused-ring (bicyclic) bond motifs is 1. The summed E-state index contributed by atoms with van der Waals surface area (Å²) in [6.45, 7) is 1.42. The van der Waals surface area contributed by atoms with Crippen LogP contribution in [0.2, 0.25) is 0 Å². The molecule has 0 radical (unpaired) electrons. The van der Waals surface area contributed by atoms with Crippen LogP contribution in [0.1, 0.15) is 10.4 Å². The molecule has 1 amide bonds. The minimum atomic E-state index is -3.60. The molecule has 1 saturated heterocycles. The number of sulfonamides is 1. The highest BCUT2D eigenvalue weighted by Crippen LogP contribution is 2.25. The maximum absolute atomic E-state index is 13.2. The number of carbonyl (C=O) groups is 1. The monoisotopic (exact) mass is 474 g/mol. The predicted octanol–water partition coefficient (Wildman–Crippen LogP) is 3.57. The average Bonchev–Trinajstić information content (AvgIpc) is 2.89. The van der Waals surface area contributed by atoms with Crippen molar-refractivity contribution >= 4 is 32.5 Å². The van der Waals surface area contributed by atoms with E-state index in [1.807, 2.05) is 42.5 Å². The van der Waals surface area contributed by atoms with Crippen LogP contribution in [-0.2, 0) is 14.8 Å². The van der Waals surface area contributed by atoms with Gasteiger partial charge in [-0.05, 0) is 48.5 Å². The minimum Gasteiger partial charge on any atom is -0.379 e. The summed E-state index contributed by atoms with van der Waals surface area (Å²) in [5, 5.41) is 3.59. The summed E-state index contributed by atoms with van der Waals surface area (Å²) in [6, 6.07) is 20.9. The number of para-hydroxylation sites is 1. The van der Waals surface area contributed by atoms with E-state index in [2.05, 4.69) is 15.3 Å². The minimum absolute atomic E-state index is 0.180. The van der Waals surface area contributed by atoms with Crippen molar-refractivity contribution in [3.05, 3.63) is 84.6 Å². The summed E-state index contributed by atoms with van der Waals surface area (Å²) in [6.07, 6.45) is 1.68. The lowest BCUT2D eigenvalue weighted by molar-refractivity contribution is 0.0730. The molecule has 5 rings (SSSR count). The number of morpholine rings is 1. The molecular formula is C25H22N4O4S. The molecule has 9 heteroatoms. The molecule has 0 bridgehead atoms. The number of nitrogens with zero attached hydrogens (tertiary/aromatic N) is 3. The van der Waals surface area contributed by atoms with Crippen LogP contribution < -0.4 is 5.32 Å². The molecule has 1 aliphatic heterocycles. The molecule has 1 fully saturated rings. The number of ether oxygens (including phenoxy) is 1. The van der Waals surface area contributed by atoms with Crippen LogP contribution in [0.25, 0.3) is 22.3 Å². The van der Waals surface area contributed by atoms with Crippen molar-refractivity contribution in [1.29, 1.82) is 0 Å². The number of benzene rings is 2. The Balaban J connectivity index is 1.43. The number of rotatable bonds is 5. The number of anilines is 1. The van der Waals surface area contributed by atoms with Crippen molar-refractivity contribution in [2.75, 3.05) is 31.6 Å². The molecule has 0 atom stereocenters. The molecule has 2 aromatic carbocycles. The molecule has 172 valence electrons. The molecular weight excluding hydrogens is 452 g/mol. The first kappa shape index (κ1) is 22.1. The average molecular weight is 475 g/mol. The summed E-state index contributed by atoms with van der Waals surface area (Å²) in [7, 11) is -3.60. The molecule has 2 aromatic heterocycles. The molecule has 0 unspecified atom stereocenters. The van der Waals surface area contributed by atoms with E-state index < -0.39 is 10.0 Å². The third-order valence-corrected chi connectivity index (χ3v) is 7.52. The summed E-state index contributed by atoms with van der Waals surface area (Å²) >= 11 is 0. The second-order valence-electron chi connectivity index (χ2n) is 7.78. The van der Waals surface area contributed by atoms with E-state index >= 15 is 0 Å². The van der Waals surface area contributed by atoms with Gasteiger partial charge in [-0.25, -0.2) is 13.4 Å². The number of nitrogens with one attached hydrogen (secondary N) is 1. The van der Waals surface area contributed by atoms with Crippen LogP contribution in [0.15, 0.2) is 83.9 Å². The third kappa shape index (κ3) is 4.41. The molecule has 3 heterocycles. The molecule has 0 spiro atoms. The number of amides is 1. The summed E-state index contributed by atoms with van der Waals surface area (Å²) in [4.78, 5) is 22.4.